The van der Waals surface area contributed by atoms with E-state index < -0.39 is 0 Å². The van der Waals surface area contributed by atoms with Crippen molar-refractivity contribution in [3.05, 3.63) is 215 Å². The normalized spacial score (nSPS) is 32.6. The minimum Gasteiger partial charge on any atom is -0.285 e. The highest BCUT2D eigenvalue weighted by molar-refractivity contribution is 6.19. The molecule has 0 saturated carbocycles. The van der Waals surface area contributed by atoms with E-state index in [0.29, 0.717) is 0 Å². The molecule has 6 N–H and O–H groups in total. The monoisotopic (exact) mass is 828 g/mol. The van der Waals surface area contributed by atoms with Crippen LogP contribution in [0.4, 0.5) is 0 Å². The van der Waals surface area contributed by atoms with E-state index in [9.17, 15) is 0 Å². The maximum atomic E-state index is 5.65. The van der Waals surface area contributed by atoms with Crippen LogP contribution in [0.1, 0.15) is 69.6 Å². The second-order valence-electron chi connectivity index (χ2n) is 17.4. The number of nitrogens with one attached hydrogen (secondary N) is 6. The lowest BCUT2D eigenvalue weighted by molar-refractivity contribution is 0.130. The summed E-state index contributed by atoms with van der Waals surface area (Å²) in [6, 6.07) is 64.3. The van der Waals surface area contributed by atoms with Crippen molar-refractivity contribution in [2.45, 2.75) is 73.2 Å². The largest absolute Gasteiger partial charge is 0.285 e. The molecular formula is C51H48N12. The Morgan fingerprint density at radius 2 is 0.444 bits per heavy atom. The quantitative estimate of drug-likeness (QED) is 0.120. The van der Waals surface area contributed by atoms with Gasteiger partial charge in [0.15, 0.2) is 0 Å². The number of aliphatic imine (C=N–C) groups is 3. The highest BCUT2D eigenvalue weighted by Crippen LogP contribution is 2.45. The van der Waals surface area contributed by atoms with Crippen LogP contribution in [-0.4, -0.2) is 69.6 Å². The fraction of sp³-hybridized carbons (Fsp3) is 0.235. The van der Waals surface area contributed by atoms with Crippen LogP contribution in [0.3, 0.4) is 0 Å². The van der Waals surface area contributed by atoms with Gasteiger partial charge in [-0.25, -0.2) is 15.0 Å². The summed E-state index contributed by atoms with van der Waals surface area (Å²) in [5.41, 5.74) is 7.25. The lowest BCUT2D eigenvalue weighted by atomic mass is 9.90. The van der Waals surface area contributed by atoms with Crippen molar-refractivity contribution in [3.63, 3.8) is 0 Å². The molecule has 12 nitrogen and oxygen atoms in total. The number of hydrogen-bond acceptors (Lipinski definition) is 12. The Morgan fingerprint density at radius 3 is 0.651 bits per heavy atom. The summed E-state index contributed by atoms with van der Waals surface area (Å²) >= 11 is 0. The minimum atomic E-state index is -0.288. The fourth-order valence-electron chi connectivity index (χ4n) is 11.0. The molecule has 7 aliphatic rings. The molecule has 12 unspecified atom stereocenters. The lowest BCUT2D eigenvalue weighted by Gasteiger charge is -2.50. The zero-order valence-corrected chi connectivity index (χ0v) is 34.4. The molecule has 12 atom stereocenters. The molecule has 6 aromatic carbocycles. The first-order valence-electron chi connectivity index (χ1n) is 22.2. The standard InChI is InChI=1S/C51H48N12/c1-7-19-31(20-8-1)37-40(34-25-13-4-14-26-34)55-46-43(52-37)58-49-61(46)50-59-45-48(57-42(36-29-17-6-18-30-36)39(54-45)33-23-11-3-12-24-33)63(50)51-60-44-47(62(49)51)56-41(35-27-15-5-16-28-35)38(53-44)32-21-9-2-10-22-32/h1-30,37-48,52-57H. The van der Waals surface area contributed by atoms with Crippen molar-refractivity contribution in [1.29, 1.82) is 0 Å². The molecule has 4 fully saturated rings. The molecular weight excluding hydrogens is 781 g/mol. The molecule has 12 heteroatoms. The Balaban J connectivity index is 0.943. The number of piperazine rings is 3. The Bertz CT molecular complexity index is 2370. The van der Waals surface area contributed by atoms with Crippen molar-refractivity contribution in [2.75, 3.05) is 0 Å². The molecule has 0 amide bonds. The van der Waals surface area contributed by atoms with Gasteiger partial charge in [0.25, 0.3) is 0 Å². The molecule has 312 valence electrons. The fourth-order valence-corrected chi connectivity index (χ4v) is 11.0. The van der Waals surface area contributed by atoms with E-state index in [1.54, 1.807) is 0 Å². The first-order chi connectivity index (χ1) is 31.2. The highest BCUT2D eigenvalue weighted by atomic mass is 15.7. The van der Waals surface area contributed by atoms with E-state index in [1.165, 1.54) is 33.4 Å². The average Bonchev–Trinajstić information content (AvgIpc) is 4.05. The van der Waals surface area contributed by atoms with Crippen molar-refractivity contribution in [1.82, 2.24) is 46.6 Å². The maximum Gasteiger partial charge on any atom is 0.215 e. The van der Waals surface area contributed by atoms with Crippen LogP contribution >= 0.6 is 0 Å². The highest BCUT2D eigenvalue weighted by Gasteiger charge is 2.62. The summed E-state index contributed by atoms with van der Waals surface area (Å²) in [4.78, 5) is 24.0. The maximum absolute atomic E-state index is 5.65. The van der Waals surface area contributed by atoms with Gasteiger partial charge in [-0.3, -0.25) is 46.6 Å². The van der Waals surface area contributed by atoms with Crippen molar-refractivity contribution in [2.24, 2.45) is 15.0 Å². The van der Waals surface area contributed by atoms with E-state index in [-0.39, 0.29) is 73.2 Å². The third kappa shape index (κ3) is 6.09. The summed E-state index contributed by atoms with van der Waals surface area (Å²) in [6.07, 6.45) is -1.61. The van der Waals surface area contributed by atoms with Crippen molar-refractivity contribution in [3.8, 4) is 0 Å². The number of nitrogens with zero attached hydrogens (tertiary/aromatic N) is 6. The molecule has 0 spiro atoms. The van der Waals surface area contributed by atoms with Crippen molar-refractivity contribution >= 4 is 17.9 Å². The van der Waals surface area contributed by atoms with Gasteiger partial charge in [-0.15, -0.1) is 0 Å². The van der Waals surface area contributed by atoms with E-state index in [1.807, 2.05) is 0 Å². The summed E-state index contributed by atoms with van der Waals surface area (Å²) in [5, 5.41) is 24.6. The first kappa shape index (κ1) is 37.1. The molecule has 0 radical (unpaired) electrons. The topological polar surface area (TPSA) is 119 Å². The van der Waals surface area contributed by atoms with Gasteiger partial charge in [0.05, 0.1) is 36.3 Å². The van der Waals surface area contributed by atoms with Gasteiger partial charge in [-0.2, -0.15) is 0 Å². The molecule has 0 aliphatic carbocycles. The smallest absolute Gasteiger partial charge is 0.215 e. The van der Waals surface area contributed by atoms with E-state index in [4.69, 9.17) is 15.0 Å². The number of fused-ring (bicyclic) bond motifs is 12. The zero-order valence-electron chi connectivity index (χ0n) is 34.4. The molecule has 13 rings (SSSR count). The van der Waals surface area contributed by atoms with Crippen LogP contribution in [0.15, 0.2) is 197 Å². The zero-order chi connectivity index (χ0) is 41.4. The van der Waals surface area contributed by atoms with Gasteiger partial charge in [0, 0.05) is 0 Å². The summed E-state index contributed by atoms with van der Waals surface area (Å²) in [7, 11) is 0. The Labute approximate surface area is 366 Å². The van der Waals surface area contributed by atoms with Gasteiger partial charge in [-0.1, -0.05) is 182 Å². The first-order valence-corrected chi connectivity index (χ1v) is 22.2. The predicted molar refractivity (Wildman–Crippen MR) is 244 cm³/mol. The van der Waals surface area contributed by atoms with Crippen LogP contribution in [0.25, 0.3) is 0 Å². The van der Waals surface area contributed by atoms with Crippen LogP contribution in [0.2, 0.25) is 0 Å². The SMILES string of the molecule is c1ccc(C2NC3N=C4N(C5=NC6NC(c7ccccc7)C(c7ccccc7)NC6N5C5=NC6NC(c7ccccc7)C(c7ccccc7)NC6N45)C3NC2c2ccccc2)cc1. The van der Waals surface area contributed by atoms with Gasteiger partial charge >= 0.3 is 0 Å². The number of hydrogen-bond donors (Lipinski definition) is 6. The summed E-state index contributed by atoms with van der Waals surface area (Å²) in [5.74, 6) is 2.47. The van der Waals surface area contributed by atoms with Crippen LogP contribution < -0.4 is 31.9 Å². The number of guanidine groups is 3. The summed E-state index contributed by atoms with van der Waals surface area (Å²) in [6.45, 7) is 0. The van der Waals surface area contributed by atoms with Crippen molar-refractivity contribution < 1.29 is 0 Å². The Hall–Kier alpha value is -6.51. The van der Waals surface area contributed by atoms with E-state index in [0.717, 1.165) is 17.9 Å². The van der Waals surface area contributed by atoms with Crippen LogP contribution in [0, 0.1) is 0 Å². The molecule has 63 heavy (non-hydrogen) atoms. The van der Waals surface area contributed by atoms with Gasteiger partial charge < -0.3 is 0 Å². The molecule has 7 aliphatic heterocycles. The summed E-state index contributed by atoms with van der Waals surface area (Å²) < 4.78 is 0. The molecule has 4 saturated heterocycles. The molecule has 7 heterocycles. The van der Waals surface area contributed by atoms with E-state index in [2.05, 4.69) is 229 Å². The second kappa shape index (κ2) is 15.1. The van der Waals surface area contributed by atoms with Gasteiger partial charge in [-0.05, 0) is 33.4 Å². The van der Waals surface area contributed by atoms with Crippen LogP contribution in [-0.2, 0) is 0 Å². The third-order valence-electron chi connectivity index (χ3n) is 13.8. The van der Waals surface area contributed by atoms with Gasteiger partial charge in [0.2, 0.25) is 17.9 Å². The molecule has 0 aromatic heterocycles. The molecule has 0 bridgehead atoms. The van der Waals surface area contributed by atoms with Crippen LogP contribution in [0.5, 0.6) is 0 Å². The second-order valence-corrected chi connectivity index (χ2v) is 17.4. The average molecular weight is 829 g/mol. The number of benzene rings is 6. The van der Waals surface area contributed by atoms with E-state index >= 15 is 0 Å². The minimum absolute atomic E-state index is 0.0330. The Kier molecular flexibility index (Phi) is 8.88. The third-order valence-corrected chi connectivity index (χ3v) is 13.8. The number of rotatable bonds is 6. The lowest BCUT2D eigenvalue weighted by Crippen LogP contribution is -2.74. The Morgan fingerprint density at radius 1 is 0.254 bits per heavy atom. The molecule has 6 aromatic rings. The van der Waals surface area contributed by atoms with Gasteiger partial charge in [0.1, 0.15) is 37.0 Å². The predicted octanol–water partition coefficient (Wildman–Crippen LogP) is 6.00.